The van der Waals surface area contributed by atoms with Crippen LogP contribution in [0.25, 0.3) is 11.4 Å². The van der Waals surface area contributed by atoms with Crippen molar-refractivity contribution in [2.45, 2.75) is 31.2 Å². The fourth-order valence-electron chi connectivity index (χ4n) is 3.05. The van der Waals surface area contributed by atoms with Crippen molar-refractivity contribution >= 4 is 15.9 Å². The maximum absolute atomic E-state index is 12.5. The predicted molar refractivity (Wildman–Crippen MR) is 116 cm³/mol. The number of benzene rings is 2. The van der Waals surface area contributed by atoms with Crippen molar-refractivity contribution in [2.75, 3.05) is 20.6 Å². The molecule has 3 aromatic rings. The lowest BCUT2D eigenvalue weighted by molar-refractivity contribution is -0.130. The van der Waals surface area contributed by atoms with Gasteiger partial charge in [0.1, 0.15) is 0 Å². The molecule has 8 nitrogen and oxygen atoms in total. The molecule has 0 aliphatic heterocycles. The van der Waals surface area contributed by atoms with Crippen LogP contribution in [0.5, 0.6) is 0 Å². The van der Waals surface area contributed by atoms with E-state index in [0.717, 1.165) is 11.1 Å². The van der Waals surface area contributed by atoms with Crippen LogP contribution in [-0.2, 0) is 21.4 Å². The Morgan fingerprint density at radius 2 is 1.81 bits per heavy atom. The van der Waals surface area contributed by atoms with Gasteiger partial charge < -0.3 is 9.42 Å². The molecule has 2 aromatic carbocycles. The summed E-state index contributed by atoms with van der Waals surface area (Å²) in [5, 5.41) is 3.98. The Bertz CT molecular complexity index is 1130. The zero-order valence-electron chi connectivity index (χ0n) is 17.9. The smallest absolute Gasteiger partial charge is 0.246 e. The molecule has 0 radical (unpaired) electrons. The van der Waals surface area contributed by atoms with E-state index in [-0.39, 0.29) is 30.3 Å². The molecular weight excluding hydrogens is 416 g/mol. The van der Waals surface area contributed by atoms with Gasteiger partial charge in [-0.3, -0.25) is 4.79 Å². The SMILES string of the molecule is Cc1cccc(-c2noc(CN(C)C(=O)CCCN(C)S(=O)(=O)c3ccccc3)n2)c1. The lowest BCUT2D eigenvalue weighted by Gasteiger charge is -2.18. The molecule has 3 rings (SSSR count). The molecule has 0 atom stereocenters. The van der Waals surface area contributed by atoms with E-state index in [9.17, 15) is 13.2 Å². The quantitative estimate of drug-likeness (QED) is 0.505. The average molecular weight is 443 g/mol. The standard InChI is InChI=1S/C22H26N4O4S/c1-17-9-7-10-18(15-17)22-23-20(30-24-22)16-25(2)21(27)13-8-14-26(3)31(28,29)19-11-5-4-6-12-19/h4-7,9-12,15H,8,13-14,16H2,1-3H3. The summed E-state index contributed by atoms with van der Waals surface area (Å²) < 4.78 is 31.6. The minimum absolute atomic E-state index is 0.124. The first-order valence-corrected chi connectivity index (χ1v) is 11.4. The number of nitrogens with zero attached hydrogens (tertiary/aromatic N) is 4. The number of amides is 1. The van der Waals surface area contributed by atoms with Crippen molar-refractivity contribution in [3.05, 3.63) is 66.1 Å². The highest BCUT2D eigenvalue weighted by molar-refractivity contribution is 7.89. The molecule has 31 heavy (non-hydrogen) atoms. The Hall–Kier alpha value is -3.04. The summed E-state index contributed by atoms with van der Waals surface area (Å²) in [6.45, 7) is 2.42. The maximum atomic E-state index is 12.5. The van der Waals surface area contributed by atoms with E-state index in [1.54, 1.807) is 37.4 Å². The van der Waals surface area contributed by atoms with Crippen LogP contribution >= 0.6 is 0 Å². The van der Waals surface area contributed by atoms with E-state index >= 15 is 0 Å². The van der Waals surface area contributed by atoms with Gasteiger partial charge in [-0.15, -0.1) is 0 Å². The normalized spacial score (nSPS) is 11.6. The third-order valence-electron chi connectivity index (χ3n) is 4.86. The van der Waals surface area contributed by atoms with Gasteiger partial charge in [0.05, 0.1) is 11.4 Å². The fourth-order valence-corrected chi connectivity index (χ4v) is 4.28. The molecule has 0 bridgehead atoms. The minimum Gasteiger partial charge on any atom is -0.337 e. The Kier molecular flexibility index (Phi) is 7.19. The molecule has 1 amide bonds. The van der Waals surface area contributed by atoms with Gasteiger partial charge in [-0.25, -0.2) is 12.7 Å². The van der Waals surface area contributed by atoms with E-state index in [2.05, 4.69) is 10.1 Å². The molecule has 0 aliphatic carbocycles. The first-order chi connectivity index (χ1) is 14.8. The molecule has 0 saturated heterocycles. The highest BCUT2D eigenvalue weighted by Gasteiger charge is 2.21. The van der Waals surface area contributed by atoms with Gasteiger partial charge in [-0.2, -0.15) is 4.98 Å². The van der Waals surface area contributed by atoms with Crippen molar-refractivity contribution in [3.63, 3.8) is 0 Å². The van der Waals surface area contributed by atoms with Gasteiger partial charge >= 0.3 is 0 Å². The number of aromatic nitrogens is 2. The van der Waals surface area contributed by atoms with Crippen LogP contribution in [-0.4, -0.2) is 54.3 Å². The Balaban J connectivity index is 1.50. The molecule has 0 spiro atoms. The molecule has 0 saturated carbocycles. The molecule has 0 N–H and O–H groups in total. The summed E-state index contributed by atoms with van der Waals surface area (Å²) in [7, 11) is -0.386. The summed E-state index contributed by atoms with van der Waals surface area (Å²) in [5.74, 6) is 0.698. The van der Waals surface area contributed by atoms with E-state index in [4.69, 9.17) is 4.52 Å². The average Bonchev–Trinajstić information content (AvgIpc) is 3.22. The molecule has 1 aromatic heterocycles. The number of carbonyl (C=O) groups is 1. The number of carbonyl (C=O) groups excluding carboxylic acids is 1. The highest BCUT2D eigenvalue weighted by atomic mass is 32.2. The van der Waals surface area contributed by atoms with Crippen molar-refractivity contribution in [2.24, 2.45) is 0 Å². The van der Waals surface area contributed by atoms with Gasteiger partial charge in [-0.05, 0) is 31.5 Å². The van der Waals surface area contributed by atoms with Crippen molar-refractivity contribution in [1.82, 2.24) is 19.3 Å². The molecule has 0 aliphatic rings. The van der Waals surface area contributed by atoms with Crippen LogP contribution < -0.4 is 0 Å². The lowest BCUT2D eigenvalue weighted by Crippen LogP contribution is -2.30. The van der Waals surface area contributed by atoms with Gasteiger partial charge in [-0.1, -0.05) is 47.1 Å². The molecular formula is C22H26N4O4S. The van der Waals surface area contributed by atoms with Crippen LogP contribution in [0.1, 0.15) is 24.3 Å². The topological polar surface area (TPSA) is 96.6 Å². The third-order valence-corrected chi connectivity index (χ3v) is 6.73. The second kappa shape index (κ2) is 9.84. The Morgan fingerprint density at radius 1 is 1.06 bits per heavy atom. The maximum Gasteiger partial charge on any atom is 0.246 e. The fraction of sp³-hybridized carbons (Fsp3) is 0.318. The summed E-state index contributed by atoms with van der Waals surface area (Å²) in [6, 6.07) is 16.0. The largest absolute Gasteiger partial charge is 0.337 e. The summed E-state index contributed by atoms with van der Waals surface area (Å²) in [6.07, 6.45) is 0.619. The number of sulfonamides is 1. The molecule has 164 valence electrons. The summed E-state index contributed by atoms with van der Waals surface area (Å²) >= 11 is 0. The highest BCUT2D eigenvalue weighted by Crippen LogP contribution is 2.18. The number of hydrogen-bond acceptors (Lipinski definition) is 6. The molecule has 9 heteroatoms. The van der Waals surface area contributed by atoms with Crippen LogP contribution in [0.2, 0.25) is 0 Å². The van der Waals surface area contributed by atoms with Gasteiger partial charge in [0.2, 0.25) is 27.6 Å². The number of hydrogen-bond donors (Lipinski definition) is 0. The predicted octanol–water partition coefficient (Wildman–Crippen LogP) is 3.10. The lowest BCUT2D eigenvalue weighted by atomic mass is 10.1. The van der Waals surface area contributed by atoms with Gasteiger partial charge in [0, 0.05) is 32.6 Å². The van der Waals surface area contributed by atoms with Crippen LogP contribution in [0.3, 0.4) is 0 Å². The van der Waals surface area contributed by atoms with Gasteiger partial charge in [0.15, 0.2) is 0 Å². The summed E-state index contributed by atoms with van der Waals surface area (Å²) in [4.78, 5) is 18.5. The van der Waals surface area contributed by atoms with Crippen LogP contribution in [0, 0.1) is 6.92 Å². The van der Waals surface area contributed by atoms with Crippen molar-refractivity contribution < 1.29 is 17.7 Å². The second-order valence-electron chi connectivity index (χ2n) is 7.37. The van der Waals surface area contributed by atoms with E-state index < -0.39 is 10.0 Å². The van der Waals surface area contributed by atoms with Crippen LogP contribution in [0.15, 0.2) is 64.0 Å². The number of aryl methyl sites for hydroxylation is 1. The molecule has 0 fully saturated rings. The second-order valence-corrected chi connectivity index (χ2v) is 9.42. The van der Waals surface area contributed by atoms with E-state index in [1.165, 1.54) is 16.3 Å². The van der Waals surface area contributed by atoms with Gasteiger partial charge in [0.25, 0.3) is 0 Å². The van der Waals surface area contributed by atoms with Crippen molar-refractivity contribution in [3.8, 4) is 11.4 Å². The Morgan fingerprint density at radius 3 is 2.52 bits per heavy atom. The molecule has 1 heterocycles. The van der Waals surface area contributed by atoms with E-state index in [1.807, 2.05) is 31.2 Å². The zero-order chi connectivity index (χ0) is 22.4. The van der Waals surface area contributed by atoms with E-state index in [0.29, 0.717) is 18.1 Å². The number of rotatable bonds is 9. The zero-order valence-corrected chi connectivity index (χ0v) is 18.7. The first kappa shape index (κ1) is 22.6. The first-order valence-electron chi connectivity index (χ1n) is 9.92. The Labute approximate surface area is 182 Å². The van der Waals surface area contributed by atoms with Crippen molar-refractivity contribution in [1.29, 1.82) is 0 Å². The van der Waals surface area contributed by atoms with Crippen LogP contribution in [0.4, 0.5) is 0 Å². The molecule has 0 unspecified atom stereocenters. The third kappa shape index (κ3) is 5.77. The minimum atomic E-state index is -3.56. The summed E-state index contributed by atoms with van der Waals surface area (Å²) in [5.41, 5.74) is 1.95. The monoisotopic (exact) mass is 442 g/mol.